The Morgan fingerprint density at radius 2 is 2.19 bits per heavy atom. The second-order valence-corrected chi connectivity index (χ2v) is 6.87. The number of benzene rings is 1. The van der Waals surface area contributed by atoms with Gasteiger partial charge in [-0.1, -0.05) is 11.3 Å². The zero-order chi connectivity index (χ0) is 18.1. The largest absolute Gasteiger partial charge is 0.454 e. The normalized spacial score (nSPS) is 14.7. The Morgan fingerprint density at radius 3 is 3.04 bits per heavy atom. The number of fused-ring (bicyclic) bond motifs is 2. The second kappa shape index (κ2) is 6.83. The molecule has 26 heavy (non-hydrogen) atoms. The predicted molar refractivity (Wildman–Crippen MR) is 93.8 cm³/mol. The first-order chi connectivity index (χ1) is 12.6. The SMILES string of the molecule is CCOC(=O)N1CCc2nc(NC(=O)c3ccc4c(c3)OCO4)sc2C1. The Balaban J connectivity index is 1.45. The van der Waals surface area contributed by atoms with Gasteiger partial charge in [0.25, 0.3) is 5.91 Å². The lowest BCUT2D eigenvalue weighted by atomic mass is 10.2. The Bertz CT molecular complexity index is 866. The van der Waals surface area contributed by atoms with Crippen LogP contribution in [0, 0.1) is 0 Å². The van der Waals surface area contributed by atoms with Crippen molar-refractivity contribution in [3.8, 4) is 11.5 Å². The molecule has 0 bridgehead atoms. The van der Waals surface area contributed by atoms with Gasteiger partial charge in [0.05, 0.1) is 18.8 Å². The summed E-state index contributed by atoms with van der Waals surface area (Å²) in [5, 5.41) is 3.33. The summed E-state index contributed by atoms with van der Waals surface area (Å²) in [6.07, 6.45) is 0.322. The van der Waals surface area contributed by atoms with Crippen molar-refractivity contribution in [2.75, 3.05) is 25.3 Å². The van der Waals surface area contributed by atoms with E-state index < -0.39 is 0 Å². The van der Waals surface area contributed by atoms with E-state index in [1.165, 1.54) is 11.3 Å². The van der Waals surface area contributed by atoms with E-state index in [-0.39, 0.29) is 18.8 Å². The van der Waals surface area contributed by atoms with Gasteiger partial charge in [-0.05, 0) is 25.1 Å². The molecule has 1 aromatic carbocycles. The van der Waals surface area contributed by atoms with Crippen molar-refractivity contribution in [3.63, 3.8) is 0 Å². The van der Waals surface area contributed by atoms with Crippen molar-refractivity contribution in [1.29, 1.82) is 0 Å². The molecule has 1 aromatic heterocycles. The zero-order valence-electron chi connectivity index (χ0n) is 14.1. The minimum absolute atomic E-state index is 0.163. The van der Waals surface area contributed by atoms with Crippen molar-refractivity contribution in [3.05, 3.63) is 34.3 Å². The number of nitrogens with one attached hydrogen (secondary N) is 1. The second-order valence-electron chi connectivity index (χ2n) is 5.78. The molecule has 136 valence electrons. The molecule has 2 aliphatic rings. The lowest BCUT2D eigenvalue weighted by molar-refractivity contribution is 0.102. The fourth-order valence-electron chi connectivity index (χ4n) is 2.83. The number of nitrogens with zero attached hydrogens (tertiary/aromatic N) is 2. The Labute approximate surface area is 153 Å². The van der Waals surface area contributed by atoms with E-state index in [0.717, 1.165) is 10.6 Å². The van der Waals surface area contributed by atoms with Crippen molar-refractivity contribution >= 4 is 28.5 Å². The summed E-state index contributed by atoms with van der Waals surface area (Å²) >= 11 is 1.37. The number of amides is 2. The average molecular weight is 375 g/mol. The van der Waals surface area contributed by atoms with Crippen molar-refractivity contribution < 1.29 is 23.8 Å². The van der Waals surface area contributed by atoms with Crippen LogP contribution < -0.4 is 14.8 Å². The number of carbonyl (C=O) groups excluding carboxylic acids is 2. The lowest BCUT2D eigenvalue weighted by Gasteiger charge is -2.24. The van der Waals surface area contributed by atoms with E-state index in [9.17, 15) is 9.59 Å². The standard InChI is InChI=1S/C17H17N3O5S/c1-2-23-17(22)20-6-5-11-14(8-20)26-16(18-11)19-15(21)10-3-4-12-13(7-10)25-9-24-12/h3-4,7H,2,5-6,8-9H2,1H3,(H,18,19,21). The molecule has 0 saturated heterocycles. The number of carbonyl (C=O) groups is 2. The summed E-state index contributed by atoms with van der Waals surface area (Å²) in [5.74, 6) is 0.920. The number of aromatic nitrogens is 1. The Hall–Kier alpha value is -2.81. The van der Waals surface area contributed by atoms with E-state index >= 15 is 0 Å². The third-order valence-electron chi connectivity index (χ3n) is 4.11. The average Bonchev–Trinajstić information content (AvgIpc) is 3.26. The number of anilines is 1. The zero-order valence-corrected chi connectivity index (χ0v) is 14.9. The maximum absolute atomic E-state index is 12.5. The lowest BCUT2D eigenvalue weighted by Crippen LogP contribution is -2.35. The molecule has 0 spiro atoms. The molecule has 3 heterocycles. The van der Waals surface area contributed by atoms with Gasteiger partial charge in [-0.25, -0.2) is 9.78 Å². The van der Waals surface area contributed by atoms with Crippen LogP contribution in [0.15, 0.2) is 18.2 Å². The monoisotopic (exact) mass is 375 g/mol. The third-order valence-corrected chi connectivity index (χ3v) is 5.11. The maximum Gasteiger partial charge on any atom is 0.410 e. The molecule has 2 aromatic rings. The summed E-state index contributed by atoms with van der Waals surface area (Å²) in [7, 11) is 0. The first kappa shape index (κ1) is 16.6. The number of rotatable bonds is 3. The Morgan fingerprint density at radius 1 is 1.35 bits per heavy atom. The maximum atomic E-state index is 12.5. The first-order valence-electron chi connectivity index (χ1n) is 8.25. The van der Waals surface area contributed by atoms with Gasteiger partial charge in [0.1, 0.15) is 0 Å². The predicted octanol–water partition coefficient (Wildman–Crippen LogP) is 2.64. The summed E-state index contributed by atoms with van der Waals surface area (Å²) < 4.78 is 15.6. The fourth-order valence-corrected chi connectivity index (χ4v) is 3.85. The molecule has 2 amide bonds. The highest BCUT2D eigenvalue weighted by molar-refractivity contribution is 7.15. The van der Waals surface area contributed by atoms with Gasteiger partial charge >= 0.3 is 6.09 Å². The molecule has 8 nitrogen and oxygen atoms in total. The molecule has 0 fully saturated rings. The van der Waals surface area contributed by atoms with Crippen molar-refractivity contribution in [1.82, 2.24) is 9.88 Å². The van der Waals surface area contributed by atoms with Gasteiger partial charge in [-0.3, -0.25) is 10.1 Å². The van der Waals surface area contributed by atoms with Crippen LogP contribution in [-0.2, 0) is 17.7 Å². The summed E-state index contributed by atoms with van der Waals surface area (Å²) in [5.41, 5.74) is 1.38. The van der Waals surface area contributed by atoms with Crippen LogP contribution in [0.2, 0.25) is 0 Å². The van der Waals surface area contributed by atoms with Crippen LogP contribution >= 0.6 is 11.3 Å². The van der Waals surface area contributed by atoms with E-state index in [1.807, 2.05) is 0 Å². The molecule has 0 radical (unpaired) electrons. The van der Waals surface area contributed by atoms with Crippen LogP contribution in [-0.4, -0.2) is 41.8 Å². The summed E-state index contributed by atoms with van der Waals surface area (Å²) in [4.78, 5) is 31.4. The van der Waals surface area contributed by atoms with Crippen molar-refractivity contribution in [2.45, 2.75) is 19.9 Å². The molecule has 0 aliphatic carbocycles. The highest BCUT2D eigenvalue weighted by Crippen LogP contribution is 2.33. The fraction of sp³-hybridized carbons (Fsp3) is 0.353. The van der Waals surface area contributed by atoms with Crippen LogP contribution in [0.3, 0.4) is 0 Å². The first-order valence-corrected chi connectivity index (χ1v) is 9.07. The van der Waals surface area contributed by atoms with Crippen LogP contribution in [0.5, 0.6) is 11.5 Å². The molecule has 4 rings (SSSR count). The number of hydrogen-bond acceptors (Lipinski definition) is 7. The van der Waals surface area contributed by atoms with Crippen LogP contribution in [0.4, 0.5) is 9.93 Å². The number of ether oxygens (including phenoxy) is 3. The third kappa shape index (κ3) is 3.17. The van der Waals surface area contributed by atoms with E-state index in [1.54, 1.807) is 30.0 Å². The smallest absolute Gasteiger partial charge is 0.410 e. The molecule has 9 heteroatoms. The molecular weight excluding hydrogens is 358 g/mol. The van der Waals surface area contributed by atoms with Gasteiger partial charge in [0.2, 0.25) is 6.79 Å². The highest BCUT2D eigenvalue weighted by Gasteiger charge is 2.25. The molecule has 1 N–H and O–H groups in total. The minimum atomic E-state index is -0.322. The van der Waals surface area contributed by atoms with Crippen LogP contribution in [0.1, 0.15) is 27.9 Å². The molecule has 0 saturated carbocycles. The number of thiazole rings is 1. The van der Waals surface area contributed by atoms with E-state index in [2.05, 4.69) is 10.3 Å². The van der Waals surface area contributed by atoms with Crippen molar-refractivity contribution in [2.24, 2.45) is 0 Å². The highest BCUT2D eigenvalue weighted by atomic mass is 32.1. The minimum Gasteiger partial charge on any atom is -0.454 e. The topological polar surface area (TPSA) is 90.0 Å². The van der Waals surface area contributed by atoms with Gasteiger partial charge < -0.3 is 19.1 Å². The number of hydrogen-bond donors (Lipinski definition) is 1. The van der Waals surface area contributed by atoms with Gasteiger partial charge in [-0.15, -0.1) is 0 Å². The van der Waals surface area contributed by atoms with E-state index in [4.69, 9.17) is 14.2 Å². The molecule has 0 unspecified atom stereocenters. The Kier molecular flexibility index (Phi) is 4.37. The molecule has 2 aliphatic heterocycles. The quantitative estimate of drug-likeness (QED) is 0.887. The summed E-state index contributed by atoms with van der Waals surface area (Å²) in [6, 6.07) is 5.04. The molecule has 0 atom stereocenters. The van der Waals surface area contributed by atoms with Gasteiger partial charge in [0, 0.05) is 23.4 Å². The van der Waals surface area contributed by atoms with E-state index in [0.29, 0.717) is 48.3 Å². The van der Waals surface area contributed by atoms with Gasteiger partial charge in [0.15, 0.2) is 16.6 Å². The summed E-state index contributed by atoms with van der Waals surface area (Å²) in [6.45, 7) is 3.30. The van der Waals surface area contributed by atoms with Crippen LogP contribution in [0.25, 0.3) is 0 Å². The van der Waals surface area contributed by atoms with Gasteiger partial charge in [-0.2, -0.15) is 0 Å². The molecular formula is C17H17N3O5S.